The molecule has 27 heavy (non-hydrogen) atoms. The third-order valence-electron chi connectivity index (χ3n) is 4.24. The molecule has 9 heteroatoms. The van der Waals surface area contributed by atoms with Crippen molar-refractivity contribution in [3.05, 3.63) is 48.2 Å². The Morgan fingerprint density at radius 1 is 0.889 bits per heavy atom. The number of sulfonamides is 1. The van der Waals surface area contributed by atoms with Crippen molar-refractivity contribution in [1.29, 1.82) is 0 Å². The number of nitrogens with one attached hydrogen (secondary N) is 1. The highest BCUT2D eigenvalue weighted by Crippen LogP contribution is 2.16. The van der Waals surface area contributed by atoms with Crippen molar-refractivity contribution in [2.75, 3.05) is 23.7 Å². The van der Waals surface area contributed by atoms with Crippen molar-refractivity contribution in [2.24, 2.45) is 0 Å². The molecule has 0 bridgehead atoms. The van der Waals surface area contributed by atoms with Crippen LogP contribution in [0.4, 0.5) is 5.82 Å². The van der Waals surface area contributed by atoms with E-state index in [0.29, 0.717) is 0 Å². The zero-order valence-electron chi connectivity index (χ0n) is 15.7. The Morgan fingerprint density at radius 3 is 1.96 bits per heavy atom. The number of rotatable bonds is 9. The molecule has 1 N–H and O–H groups in total. The van der Waals surface area contributed by atoms with E-state index in [1.165, 1.54) is 24.3 Å². The number of benzene rings is 1. The van der Waals surface area contributed by atoms with Gasteiger partial charge in [0.15, 0.2) is 9.84 Å². The fourth-order valence-electron chi connectivity index (χ4n) is 2.51. The van der Waals surface area contributed by atoms with Crippen LogP contribution in [0, 0.1) is 0 Å². The molecule has 0 spiro atoms. The van der Waals surface area contributed by atoms with Gasteiger partial charge >= 0.3 is 0 Å². The summed E-state index contributed by atoms with van der Waals surface area (Å²) < 4.78 is 51.0. The molecule has 1 aromatic carbocycles. The molecule has 0 aliphatic rings. The lowest BCUT2D eigenvalue weighted by Crippen LogP contribution is -2.24. The largest absolute Gasteiger partial charge is 0.357 e. The van der Waals surface area contributed by atoms with Gasteiger partial charge in [0, 0.05) is 25.8 Å². The van der Waals surface area contributed by atoms with Gasteiger partial charge in [-0.15, -0.1) is 0 Å². The van der Waals surface area contributed by atoms with Crippen molar-refractivity contribution in [3.63, 3.8) is 0 Å². The Labute approximate surface area is 161 Å². The van der Waals surface area contributed by atoms with Crippen LogP contribution in [0.2, 0.25) is 0 Å². The molecule has 0 fully saturated rings. The Hall–Kier alpha value is -1.97. The Balaban J connectivity index is 2.08. The highest BCUT2D eigenvalue weighted by Gasteiger charge is 2.17. The van der Waals surface area contributed by atoms with Crippen molar-refractivity contribution in [2.45, 2.75) is 37.1 Å². The van der Waals surface area contributed by atoms with E-state index in [1.54, 1.807) is 13.1 Å². The van der Waals surface area contributed by atoms with Gasteiger partial charge in [0.2, 0.25) is 10.0 Å². The molecule has 0 saturated carbocycles. The summed E-state index contributed by atoms with van der Waals surface area (Å²) in [7, 11) is -7.11. The molecule has 0 amide bonds. The van der Waals surface area contributed by atoms with Crippen LogP contribution in [0.25, 0.3) is 0 Å². The van der Waals surface area contributed by atoms with E-state index in [4.69, 9.17) is 0 Å². The first kappa shape index (κ1) is 21.3. The minimum absolute atomic E-state index is 0.0188. The van der Waals surface area contributed by atoms with Crippen LogP contribution >= 0.6 is 0 Å². The predicted octanol–water partition coefficient (Wildman–Crippen LogP) is 2.20. The average Bonchev–Trinajstić information content (AvgIpc) is 2.68. The standard InChI is InChI=1S/C18H25N3O4S2/c1-4-21(5-2)18-12-7-15(13-19-18)14-20-27(24,25)17-10-8-16(9-11-17)26(22,23)6-3/h7-13,20H,4-6,14H2,1-3H3. The van der Waals surface area contributed by atoms with Gasteiger partial charge in [-0.05, 0) is 49.7 Å². The van der Waals surface area contributed by atoms with Crippen LogP contribution in [0.5, 0.6) is 0 Å². The molecule has 0 radical (unpaired) electrons. The molecule has 0 aliphatic carbocycles. The summed E-state index contributed by atoms with van der Waals surface area (Å²) >= 11 is 0. The van der Waals surface area contributed by atoms with E-state index < -0.39 is 19.9 Å². The van der Waals surface area contributed by atoms with Gasteiger partial charge in [-0.25, -0.2) is 26.5 Å². The molecule has 148 valence electrons. The van der Waals surface area contributed by atoms with E-state index >= 15 is 0 Å². The third kappa shape index (κ3) is 5.27. The third-order valence-corrected chi connectivity index (χ3v) is 7.40. The first-order chi connectivity index (χ1) is 12.7. The highest BCUT2D eigenvalue weighted by atomic mass is 32.2. The maximum atomic E-state index is 12.4. The summed E-state index contributed by atoms with van der Waals surface area (Å²) in [6, 6.07) is 8.92. The van der Waals surface area contributed by atoms with Gasteiger partial charge < -0.3 is 4.90 Å². The Morgan fingerprint density at radius 2 is 1.48 bits per heavy atom. The van der Waals surface area contributed by atoms with E-state index in [2.05, 4.69) is 14.6 Å². The second-order valence-electron chi connectivity index (χ2n) is 5.90. The van der Waals surface area contributed by atoms with Gasteiger partial charge in [-0.1, -0.05) is 13.0 Å². The molecule has 1 aromatic heterocycles. The second kappa shape index (κ2) is 8.81. The number of anilines is 1. The minimum atomic E-state index is -3.75. The molecular weight excluding hydrogens is 386 g/mol. The Kier molecular flexibility index (Phi) is 6.96. The number of pyridine rings is 1. The number of hydrogen-bond donors (Lipinski definition) is 1. The van der Waals surface area contributed by atoms with Crippen LogP contribution in [0.15, 0.2) is 52.4 Å². The number of nitrogens with zero attached hydrogens (tertiary/aromatic N) is 2. The van der Waals surface area contributed by atoms with E-state index in [9.17, 15) is 16.8 Å². The predicted molar refractivity (Wildman–Crippen MR) is 106 cm³/mol. The van der Waals surface area contributed by atoms with Gasteiger partial charge in [-0.2, -0.15) is 0 Å². The van der Waals surface area contributed by atoms with Crippen LogP contribution in [-0.4, -0.2) is 40.7 Å². The van der Waals surface area contributed by atoms with Crippen molar-refractivity contribution in [1.82, 2.24) is 9.71 Å². The lowest BCUT2D eigenvalue weighted by Gasteiger charge is -2.19. The molecule has 1 heterocycles. The van der Waals surface area contributed by atoms with Crippen LogP contribution in [0.3, 0.4) is 0 Å². The van der Waals surface area contributed by atoms with Crippen molar-refractivity contribution in [3.8, 4) is 0 Å². The molecule has 0 saturated heterocycles. The summed E-state index contributed by atoms with van der Waals surface area (Å²) in [5, 5.41) is 0. The number of hydrogen-bond acceptors (Lipinski definition) is 6. The number of aromatic nitrogens is 1. The quantitative estimate of drug-likeness (QED) is 0.679. The SMILES string of the molecule is CCN(CC)c1ccc(CNS(=O)(=O)c2ccc(S(=O)(=O)CC)cc2)cn1. The van der Waals surface area contributed by atoms with E-state index in [1.807, 2.05) is 26.0 Å². The van der Waals surface area contributed by atoms with E-state index in [-0.39, 0.29) is 22.1 Å². The van der Waals surface area contributed by atoms with Crippen molar-refractivity contribution < 1.29 is 16.8 Å². The van der Waals surface area contributed by atoms with Gasteiger partial charge in [-0.3, -0.25) is 0 Å². The summed E-state index contributed by atoms with van der Waals surface area (Å²) in [6.07, 6.45) is 1.65. The zero-order valence-corrected chi connectivity index (χ0v) is 17.3. The number of sulfone groups is 1. The summed E-state index contributed by atoms with van der Waals surface area (Å²) in [4.78, 5) is 6.59. The molecule has 2 rings (SSSR count). The lowest BCUT2D eigenvalue weighted by atomic mass is 10.3. The van der Waals surface area contributed by atoms with Crippen LogP contribution < -0.4 is 9.62 Å². The summed E-state index contributed by atoms with van der Waals surface area (Å²) in [5.74, 6) is 0.813. The highest BCUT2D eigenvalue weighted by molar-refractivity contribution is 7.91. The molecule has 0 atom stereocenters. The second-order valence-corrected chi connectivity index (χ2v) is 9.94. The van der Waals surface area contributed by atoms with Crippen LogP contribution in [-0.2, 0) is 26.4 Å². The summed E-state index contributed by atoms with van der Waals surface area (Å²) in [6.45, 7) is 7.43. The average molecular weight is 412 g/mol. The molecule has 0 unspecified atom stereocenters. The molecule has 7 nitrogen and oxygen atoms in total. The van der Waals surface area contributed by atoms with Gasteiger partial charge in [0.25, 0.3) is 0 Å². The van der Waals surface area contributed by atoms with Crippen molar-refractivity contribution >= 4 is 25.7 Å². The monoisotopic (exact) mass is 411 g/mol. The first-order valence-electron chi connectivity index (χ1n) is 8.75. The topological polar surface area (TPSA) is 96.4 Å². The maximum Gasteiger partial charge on any atom is 0.240 e. The zero-order chi connectivity index (χ0) is 20.1. The van der Waals surface area contributed by atoms with Crippen LogP contribution in [0.1, 0.15) is 26.3 Å². The van der Waals surface area contributed by atoms with Gasteiger partial charge in [0.1, 0.15) is 5.82 Å². The molecular formula is C18H25N3O4S2. The lowest BCUT2D eigenvalue weighted by molar-refractivity contribution is 0.580. The van der Waals surface area contributed by atoms with E-state index in [0.717, 1.165) is 24.5 Å². The fourth-order valence-corrected chi connectivity index (χ4v) is 4.41. The molecule has 0 aliphatic heterocycles. The van der Waals surface area contributed by atoms with Gasteiger partial charge in [0.05, 0.1) is 15.5 Å². The smallest absolute Gasteiger partial charge is 0.240 e. The normalized spacial score (nSPS) is 12.1. The maximum absolute atomic E-state index is 12.4. The summed E-state index contributed by atoms with van der Waals surface area (Å²) in [5.41, 5.74) is 0.736. The fraction of sp³-hybridized carbons (Fsp3) is 0.389. The minimum Gasteiger partial charge on any atom is -0.357 e. The Bertz CT molecular complexity index is 951. The first-order valence-corrected chi connectivity index (χ1v) is 11.9. The molecule has 2 aromatic rings.